The van der Waals surface area contributed by atoms with Crippen LogP contribution in [0, 0.1) is 0 Å². The van der Waals surface area contributed by atoms with Crippen molar-refractivity contribution in [3.05, 3.63) is 29.0 Å². The van der Waals surface area contributed by atoms with Gasteiger partial charge in [0.05, 0.1) is 10.6 Å². The second-order valence-electron chi connectivity index (χ2n) is 4.92. The molecule has 0 aliphatic carbocycles. The first-order valence-corrected chi connectivity index (χ1v) is 7.16. The Balaban J connectivity index is 1.85. The fourth-order valence-electron chi connectivity index (χ4n) is 2.31. The van der Waals surface area contributed by atoms with Crippen LogP contribution in [0.25, 0.3) is 0 Å². The van der Waals surface area contributed by atoms with Gasteiger partial charge in [-0.2, -0.15) is 0 Å². The molecular formula is C14H18ClN3O3. The van der Waals surface area contributed by atoms with Crippen molar-refractivity contribution >= 4 is 23.4 Å². The van der Waals surface area contributed by atoms with E-state index in [4.69, 9.17) is 16.3 Å². The predicted octanol–water partition coefficient (Wildman–Crippen LogP) is 1.10. The molecule has 2 heterocycles. The van der Waals surface area contributed by atoms with E-state index in [0.29, 0.717) is 23.7 Å². The third-order valence-corrected chi connectivity index (χ3v) is 3.77. The lowest BCUT2D eigenvalue weighted by Crippen LogP contribution is -2.47. The van der Waals surface area contributed by atoms with Crippen molar-refractivity contribution in [2.45, 2.75) is 18.9 Å². The number of aromatic nitrogens is 1. The maximum Gasteiger partial charge on any atom is 0.253 e. The zero-order chi connectivity index (χ0) is 15.2. The number of hydrogen-bond donors (Lipinski definition) is 1. The zero-order valence-electron chi connectivity index (χ0n) is 11.8. The first-order valence-electron chi connectivity index (χ1n) is 6.79. The molecule has 21 heavy (non-hydrogen) atoms. The van der Waals surface area contributed by atoms with Gasteiger partial charge in [0, 0.05) is 38.6 Å². The summed E-state index contributed by atoms with van der Waals surface area (Å²) >= 11 is 5.95. The van der Waals surface area contributed by atoms with Crippen molar-refractivity contribution in [2.75, 3.05) is 26.8 Å². The average Bonchev–Trinajstić information content (AvgIpc) is 2.48. The number of halogens is 1. The molecule has 2 rings (SSSR count). The molecule has 0 unspecified atom stereocenters. The molecule has 0 bridgehead atoms. The van der Waals surface area contributed by atoms with Gasteiger partial charge in [-0.1, -0.05) is 11.6 Å². The predicted molar refractivity (Wildman–Crippen MR) is 78.2 cm³/mol. The minimum Gasteiger partial charge on any atom is -0.375 e. The van der Waals surface area contributed by atoms with Crippen molar-refractivity contribution in [3.8, 4) is 0 Å². The van der Waals surface area contributed by atoms with Gasteiger partial charge in [-0.15, -0.1) is 0 Å². The van der Waals surface area contributed by atoms with E-state index in [1.54, 1.807) is 11.0 Å². The molecule has 7 heteroatoms. The number of nitrogens with one attached hydrogen (secondary N) is 1. The van der Waals surface area contributed by atoms with Crippen molar-refractivity contribution in [1.82, 2.24) is 15.2 Å². The van der Waals surface area contributed by atoms with E-state index in [1.165, 1.54) is 19.5 Å². The van der Waals surface area contributed by atoms with Gasteiger partial charge in [0.15, 0.2) is 0 Å². The maximum atomic E-state index is 12.1. The van der Waals surface area contributed by atoms with Crippen molar-refractivity contribution in [3.63, 3.8) is 0 Å². The van der Waals surface area contributed by atoms with Gasteiger partial charge >= 0.3 is 0 Å². The molecule has 0 atom stereocenters. The SMILES string of the molecule is COCC(=O)N1CCC(NC(=O)c2ccncc2Cl)CC1. The Morgan fingerprint density at radius 2 is 2.19 bits per heavy atom. The van der Waals surface area contributed by atoms with Crippen LogP contribution in [0.2, 0.25) is 5.02 Å². The molecule has 1 saturated heterocycles. The summed E-state index contributed by atoms with van der Waals surface area (Å²) in [7, 11) is 1.50. The quantitative estimate of drug-likeness (QED) is 0.904. The standard InChI is InChI=1S/C14H18ClN3O3/c1-21-9-13(19)18-6-3-10(4-7-18)17-14(20)11-2-5-16-8-12(11)15/h2,5,8,10H,3-4,6-7,9H2,1H3,(H,17,20). The lowest BCUT2D eigenvalue weighted by molar-refractivity contribution is -0.136. The number of ether oxygens (including phenoxy) is 1. The second kappa shape index (κ2) is 7.38. The number of piperidine rings is 1. The summed E-state index contributed by atoms with van der Waals surface area (Å²) in [5, 5.41) is 3.28. The summed E-state index contributed by atoms with van der Waals surface area (Å²) < 4.78 is 4.84. The fourth-order valence-corrected chi connectivity index (χ4v) is 2.52. The van der Waals surface area contributed by atoms with E-state index >= 15 is 0 Å². The minimum atomic E-state index is -0.205. The topological polar surface area (TPSA) is 71.5 Å². The van der Waals surface area contributed by atoms with E-state index < -0.39 is 0 Å². The van der Waals surface area contributed by atoms with Crippen molar-refractivity contribution in [1.29, 1.82) is 0 Å². The Labute approximate surface area is 128 Å². The molecule has 0 spiro atoms. The van der Waals surface area contributed by atoms with Crippen LogP contribution in [0.1, 0.15) is 23.2 Å². The normalized spacial score (nSPS) is 15.8. The Morgan fingerprint density at radius 1 is 1.48 bits per heavy atom. The molecule has 0 radical (unpaired) electrons. The smallest absolute Gasteiger partial charge is 0.253 e. The molecule has 0 saturated carbocycles. The highest BCUT2D eigenvalue weighted by molar-refractivity contribution is 6.33. The van der Waals surface area contributed by atoms with Crippen molar-refractivity contribution < 1.29 is 14.3 Å². The van der Waals surface area contributed by atoms with Crippen LogP contribution >= 0.6 is 11.6 Å². The number of methoxy groups -OCH3 is 1. The number of nitrogens with zero attached hydrogens (tertiary/aromatic N) is 2. The van der Waals surface area contributed by atoms with Crippen LogP contribution in [-0.4, -0.2) is 54.5 Å². The van der Waals surface area contributed by atoms with Crippen LogP contribution in [0.15, 0.2) is 18.5 Å². The molecule has 0 aromatic carbocycles. The summed E-state index contributed by atoms with van der Waals surface area (Å²) in [6.45, 7) is 1.35. The van der Waals surface area contributed by atoms with E-state index in [0.717, 1.165) is 12.8 Å². The lowest BCUT2D eigenvalue weighted by atomic mass is 10.0. The van der Waals surface area contributed by atoms with E-state index in [9.17, 15) is 9.59 Å². The fraction of sp³-hybridized carbons (Fsp3) is 0.500. The second-order valence-corrected chi connectivity index (χ2v) is 5.32. The largest absolute Gasteiger partial charge is 0.375 e. The van der Waals surface area contributed by atoms with E-state index in [-0.39, 0.29) is 24.5 Å². The molecule has 1 aromatic heterocycles. The zero-order valence-corrected chi connectivity index (χ0v) is 12.6. The van der Waals surface area contributed by atoms with Crippen LogP contribution in [-0.2, 0) is 9.53 Å². The maximum absolute atomic E-state index is 12.1. The first kappa shape index (κ1) is 15.7. The molecule has 1 fully saturated rings. The van der Waals surface area contributed by atoms with Gasteiger partial charge < -0.3 is 15.0 Å². The third kappa shape index (κ3) is 4.15. The lowest BCUT2D eigenvalue weighted by Gasteiger charge is -2.32. The number of carbonyl (C=O) groups excluding carboxylic acids is 2. The Morgan fingerprint density at radius 3 is 2.81 bits per heavy atom. The number of pyridine rings is 1. The third-order valence-electron chi connectivity index (χ3n) is 3.47. The first-order chi connectivity index (χ1) is 10.1. The molecule has 1 aliphatic heterocycles. The molecule has 2 amide bonds. The monoisotopic (exact) mass is 311 g/mol. The molecular weight excluding hydrogens is 294 g/mol. The number of rotatable bonds is 4. The molecule has 1 N–H and O–H groups in total. The minimum absolute atomic E-state index is 0.0144. The van der Waals surface area contributed by atoms with Crippen molar-refractivity contribution in [2.24, 2.45) is 0 Å². The van der Waals surface area contributed by atoms with Gasteiger partial charge in [-0.3, -0.25) is 14.6 Å². The van der Waals surface area contributed by atoms with Crippen LogP contribution < -0.4 is 5.32 Å². The van der Waals surface area contributed by atoms with Gasteiger partial charge in [0.25, 0.3) is 5.91 Å². The number of carbonyl (C=O) groups is 2. The van der Waals surface area contributed by atoms with Gasteiger partial charge in [-0.05, 0) is 18.9 Å². The Kier molecular flexibility index (Phi) is 5.52. The van der Waals surface area contributed by atoms with Gasteiger partial charge in [0.1, 0.15) is 6.61 Å². The molecule has 1 aliphatic rings. The summed E-state index contributed by atoms with van der Waals surface area (Å²) in [6.07, 6.45) is 4.43. The number of hydrogen-bond acceptors (Lipinski definition) is 4. The Bertz CT molecular complexity index is 516. The van der Waals surface area contributed by atoms with E-state index in [2.05, 4.69) is 10.3 Å². The van der Waals surface area contributed by atoms with Gasteiger partial charge in [-0.25, -0.2) is 0 Å². The average molecular weight is 312 g/mol. The summed E-state index contributed by atoms with van der Waals surface area (Å²) in [5.41, 5.74) is 0.421. The Hall–Kier alpha value is -1.66. The number of amides is 2. The molecule has 1 aromatic rings. The highest BCUT2D eigenvalue weighted by Gasteiger charge is 2.24. The van der Waals surface area contributed by atoms with Crippen LogP contribution in [0.3, 0.4) is 0 Å². The van der Waals surface area contributed by atoms with Crippen LogP contribution in [0.5, 0.6) is 0 Å². The highest BCUT2D eigenvalue weighted by Crippen LogP contribution is 2.15. The summed E-state index contributed by atoms with van der Waals surface area (Å²) in [5.74, 6) is -0.219. The number of likely N-dealkylation sites (tertiary alicyclic amines) is 1. The highest BCUT2D eigenvalue weighted by atomic mass is 35.5. The molecule has 6 nitrogen and oxygen atoms in total. The summed E-state index contributed by atoms with van der Waals surface area (Å²) in [4.78, 5) is 29.4. The van der Waals surface area contributed by atoms with E-state index in [1.807, 2.05) is 0 Å². The summed E-state index contributed by atoms with van der Waals surface area (Å²) in [6, 6.07) is 1.64. The van der Waals surface area contributed by atoms with Crippen LogP contribution in [0.4, 0.5) is 0 Å². The van der Waals surface area contributed by atoms with Gasteiger partial charge in [0.2, 0.25) is 5.91 Å². The molecule has 114 valence electrons.